The lowest BCUT2D eigenvalue weighted by Crippen LogP contribution is -2.49. The Morgan fingerprint density at radius 3 is 2.77 bits per heavy atom. The smallest absolute Gasteiger partial charge is 0.223 e. The van der Waals surface area contributed by atoms with Gasteiger partial charge < -0.3 is 14.7 Å². The molecule has 2 heterocycles. The minimum Gasteiger partial charge on any atom is -0.394 e. The number of pyridine rings is 1. The van der Waals surface area contributed by atoms with Crippen molar-refractivity contribution in [2.75, 3.05) is 19.8 Å². The van der Waals surface area contributed by atoms with Crippen LogP contribution >= 0.6 is 0 Å². The fourth-order valence-electron chi connectivity index (χ4n) is 3.51. The SMILES string of the molecule is O=C(CCCCc1cccnc1)N1CCO[C@@H](CO)[C@@H]1c1ccccc1. The number of aliphatic hydroxyl groups excluding tert-OH is 1. The number of morpholine rings is 1. The minimum absolute atomic E-state index is 0.0929. The van der Waals surface area contributed by atoms with Crippen molar-refractivity contribution in [1.29, 1.82) is 0 Å². The molecular weight excluding hydrogens is 328 g/mol. The van der Waals surface area contributed by atoms with Crippen LogP contribution in [0.25, 0.3) is 0 Å². The quantitative estimate of drug-likeness (QED) is 0.777. The van der Waals surface area contributed by atoms with E-state index in [-0.39, 0.29) is 24.7 Å². The fourth-order valence-corrected chi connectivity index (χ4v) is 3.51. The second-order valence-electron chi connectivity index (χ2n) is 6.60. The molecule has 1 amide bonds. The number of aromatic nitrogens is 1. The number of rotatable bonds is 7. The number of amides is 1. The molecule has 2 aromatic rings. The highest BCUT2D eigenvalue weighted by Gasteiger charge is 2.35. The summed E-state index contributed by atoms with van der Waals surface area (Å²) in [5.74, 6) is 0.131. The summed E-state index contributed by atoms with van der Waals surface area (Å²) in [6, 6.07) is 13.6. The number of ether oxygens (including phenoxy) is 1. The normalized spacial score (nSPS) is 20.1. The van der Waals surface area contributed by atoms with Crippen molar-refractivity contribution in [2.24, 2.45) is 0 Å². The zero-order chi connectivity index (χ0) is 18.2. The Balaban J connectivity index is 1.59. The molecule has 1 aliphatic heterocycles. The Morgan fingerprint density at radius 2 is 2.04 bits per heavy atom. The Kier molecular flexibility index (Phi) is 6.75. The summed E-state index contributed by atoms with van der Waals surface area (Å²) < 4.78 is 5.71. The summed E-state index contributed by atoms with van der Waals surface area (Å²) in [5, 5.41) is 9.69. The maximum atomic E-state index is 12.8. The van der Waals surface area contributed by atoms with Gasteiger partial charge in [-0.15, -0.1) is 0 Å². The number of carbonyl (C=O) groups is 1. The molecule has 5 nitrogen and oxygen atoms in total. The van der Waals surface area contributed by atoms with E-state index < -0.39 is 0 Å². The van der Waals surface area contributed by atoms with Crippen LogP contribution in [0.2, 0.25) is 0 Å². The Morgan fingerprint density at radius 1 is 1.19 bits per heavy atom. The monoisotopic (exact) mass is 354 g/mol. The molecule has 1 fully saturated rings. The molecule has 1 N–H and O–H groups in total. The van der Waals surface area contributed by atoms with Gasteiger partial charge in [-0.2, -0.15) is 0 Å². The molecule has 2 atom stereocenters. The number of nitrogens with zero attached hydrogens (tertiary/aromatic N) is 2. The third kappa shape index (κ3) is 4.68. The molecule has 0 radical (unpaired) electrons. The standard InChI is InChI=1S/C21H26N2O3/c24-16-19-21(18-9-2-1-3-10-18)23(13-14-26-19)20(25)11-5-4-7-17-8-6-12-22-15-17/h1-3,6,8-10,12,15,19,21,24H,4-5,7,11,13-14,16H2/t19-,21-/m0/s1. The van der Waals surface area contributed by atoms with E-state index in [1.165, 1.54) is 5.56 Å². The van der Waals surface area contributed by atoms with Gasteiger partial charge >= 0.3 is 0 Å². The topological polar surface area (TPSA) is 62.7 Å². The highest BCUT2D eigenvalue weighted by Crippen LogP contribution is 2.30. The number of aryl methyl sites for hydroxylation is 1. The molecule has 1 aliphatic rings. The molecule has 0 unspecified atom stereocenters. The van der Waals surface area contributed by atoms with E-state index >= 15 is 0 Å². The largest absolute Gasteiger partial charge is 0.394 e. The van der Waals surface area contributed by atoms with Crippen molar-refractivity contribution in [2.45, 2.75) is 37.8 Å². The van der Waals surface area contributed by atoms with E-state index in [4.69, 9.17) is 4.74 Å². The van der Waals surface area contributed by atoms with Crippen LogP contribution in [-0.2, 0) is 16.0 Å². The summed E-state index contributed by atoms with van der Waals surface area (Å²) in [6.07, 6.45) is 6.53. The first kappa shape index (κ1) is 18.5. The molecule has 1 saturated heterocycles. The number of hydrogen-bond acceptors (Lipinski definition) is 4. The molecule has 1 aromatic heterocycles. The number of carbonyl (C=O) groups excluding carboxylic acids is 1. The molecule has 0 bridgehead atoms. The van der Waals surface area contributed by atoms with Crippen LogP contribution in [0.1, 0.15) is 36.4 Å². The van der Waals surface area contributed by atoms with Crippen molar-refractivity contribution in [3.05, 3.63) is 66.0 Å². The lowest BCUT2D eigenvalue weighted by atomic mass is 9.97. The highest BCUT2D eigenvalue weighted by atomic mass is 16.5. The van der Waals surface area contributed by atoms with Gasteiger partial charge in [-0.1, -0.05) is 36.4 Å². The summed E-state index contributed by atoms with van der Waals surface area (Å²) in [6.45, 7) is 0.942. The van der Waals surface area contributed by atoms with Crippen LogP contribution in [-0.4, -0.2) is 46.8 Å². The van der Waals surface area contributed by atoms with E-state index in [0.29, 0.717) is 19.6 Å². The first-order valence-corrected chi connectivity index (χ1v) is 9.25. The van der Waals surface area contributed by atoms with Crippen molar-refractivity contribution in [3.8, 4) is 0 Å². The zero-order valence-electron chi connectivity index (χ0n) is 15.0. The first-order valence-electron chi connectivity index (χ1n) is 9.25. The highest BCUT2D eigenvalue weighted by molar-refractivity contribution is 5.77. The van der Waals surface area contributed by atoms with Crippen LogP contribution in [0.3, 0.4) is 0 Å². The summed E-state index contributed by atoms with van der Waals surface area (Å²) in [7, 11) is 0. The molecular formula is C21H26N2O3. The van der Waals surface area contributed by atoms with Gasteiger partial charge in [0.1, 0.15) is 6.10 Å². The lowest BCUT2D eigenvalue weighted by Gasteiger charge is -2.41. The number of benzene rings is 1. The Labute approximate surface area is 154 Å². The zero-order valence-corrected chi connectivity index (χ0v) is 15.0. The Hall–Kier alpha value is -2.24. The lowest BCUT2D eigenvalue weighted by molar-refractivity contribution is -0.150. The number of hydrogen-bond donors (Lipinski definition) is 1. The molecule has 138 valence electrons. The first-order chi connectivity index (χ1) is 12.8. The third-order valence-corrected chi connectivity index (χ3v) is 4.82. The fraction of sp³-hybridized carbons (Fsp3) is 0.429. The second kappa shape index (κ2) is 9.46. The molecule has 0 saturated carbocycles. The summed E-state index contributed by atoms with van der Waals surface area (Å²) in [4.78, 5) is 18.8. The van der Waals surface area contributed by atoms with Crippen molar-refractivity contribution < 1.29 is 14.6 Å². The maximum Gasteiger partial charge on any atom is 0.223 e. The third-order valence-electron chi connectivity index (χ3n) is 4.82. The van der Waals surface area contributed by atoms with Crippen molar-refractivity contribution >= 4 is 5.91 Å². The summed E-state index contributed by atoms with van der Waals surface area (Å²) in [5.41, 5.74) is 2.21. The average Bonchev–Trinajstić information content (AvgIpc) is 2.72. The van der Waals surface area contributed by atoms with E-state index in [9.17, 15) is 9.90 Å². The van der Waals surface area contributed by atoms with E-state index in [1.807, 2.05) is 47.5 Å². The molecule has 3 rings (SSSR count). The molecule has 1 aromatic carbocycles. The average molecular weight is 354 g/mol. The van der Waals surface area contributed by atoms with Gasteiger partial charge in [0.15, 0.2) is 0 Å². The number of unbranched alkanes of at least 4 members (excludes halogenated alkanes) is 1. The van der Waals surface area contributed by atoms with Gasteiger partial charge in [-0.25, -0.2) is 0 Å². The molecule has 0 aliphatic carbocycles. The van der Waals surface area contributed by atoms with E-state index in [1.54, 1.807) is 6.20 Å². The van der Waals surface area contributed by atoms with Gasteiger partial charge in [0, 0.05) is 25.4 Å². The van der Waals surface area contributed by atoms with Crippen LogP contribution in [0, 0.1) is 0 Å². The molecule has 26 heavy (non-hydrogen) atoms. The predicted octanol–water partition coefficient (Wildman–Crippen LogP) is 2.76. The van der Waals surface area contributed by atoms with Crippen LogP contribution in [0.15, 0.2) is 54.9 Å². The number of aliphatic hydroxyl groups is 1. The van der Waals surface area contributed by atoms with E-state index in [2.05, 4.69) is 11.1 Å². The molecule has 0 spiro atoms. The van der Waals surface area contributed by atoms with Crippen LogP contribution in [0.4, 0.5) is 0 Å². The van der Waals surface area contributed by atoms with Gasteiger partial charge in [-0.05, 0) is 36.5 Å². The van der Waals surface area contributed by atoms with Gasteiger partial charge in [0.25, 0.3) is 0 Å². The summed E-state index contributed by atoms with van der Waals surface area (Å²) >= 11 is 0. The minimum atomic E-state index is -0.370. The van der Waals surface area contributed by atoms with Crippen LogP contribution < -0.4 is 0 Å². The van der Waals surface area contributed by atoms with E-state index in [0.717, 1.165) is 24.8 Å². The Bertz CT molecular complexity index is 678. The van der Waals surface area contributed by atoms with Crippen molar-refractivity contribution in [3.63, 3.8) is 0 Å². The maximum absolute atomic E-state index is 12.8. The van der Waals surface area contributed by atoms with Gasteiger partial charge in [0.2, 0.25) is 5.91 Å². The van der Waals surface area contributed by atoms with Gasteiger partial charge in [0.05, 0.1) is 19.3 Å². The predicted molar refractivity (Wildman–Crippen MR) is 99.5 cm³/mol. The van der Waals surface area contributed by atoms with Gasteiger partial charge in [-0.3, -0.25) is 9.78 Å². The van der Waals surface area contributed by atoms with Crippen LogP contribution in [0.5, 0.6) is 0 Å². The molecule has 5 heteroatoms. The second-order valence-corrected chi connectivity index (χ2v) is 6.60. The van der Waals surface area contributed by atoms with Crippen molar-refractivity contribution in [1.82, 2.24) is 9.88 Å².